The minimum atomic E-state index is -0.474. The number of hydrogen-bond donors (Lipinski definition) is 2. The fraction of sp³-hybridized carbons (Fsp3) is 0.375. The van der Waals surface area contributed by atoms with Gasteiger partial charge in [0.1, 0.15) is 0 Å². The second-order valence-electron chi connectivity index (χ2n) is 8.10. The van der Waals surface area contributed by atoms with Gasteiger partial charge in [-0.25, -0.2) is 4.90 Å². The van der Waals surface area contributed by atoms with Crippen LogP contribution in [0.4, 0.5) is 5.69 Å². The number of rotatable bonds is 7. The topological polar surface area (TPSA) is 86.7 Å². The summed E-state index contributed by atoms with van der Waals surface area (Å²) in [6.45, 7) is 8.37. The van der Waals surface area contributed by atoms with Gasteiger partial charge >= 0.3 is 0 Å². The summed E-state index contributed by atoms with van der Waals surface area (Å²) in [5.41, 5.74) is 3.02. The Balaban J connectivity index is 2.12. The number of benzene rings is 2. The summed E-state index contributed by atoms with van der Waals surface area (Å²) in [6, 6.07) is 10.6. The van der Waals surface area contributed by atoms with E-state index < -0.39 is 17.7 Å². The van der Waals surface area contributed by atoms with Crippen molar-refractivity contribution in [3.8, 4) is 0 Å². The summed E-state index contributed by atoms with van der Waals surface area (Å²) in [4.78, 5) is 40.7. The van der Waals surface area contributed by atoms with E-state index in [0.717, 1.165) is 11.1 Å². The molecule has 6 heteroatoms. The van der Waals surface area contributed by atoms with Gasteiger partial charge in [-0.3, -0.25) is 14.4 Å². The van der Waals surface area contributed by atoms with Crippen molar-refractivity contribution in [3.05, 3.63) is 64.2 Å². The van der Waals surface area contributed by atoms with E-state index in [0.29, 0.717) is 18.7 Å². The molecule has 0 aliphatic carbocycles. The van der Waals surface area contributed by atoms with E-state index >= 15 is 0 Å². The van der Waals surface area contributed by atoms with Gasteiger partial charge < -0.3 is 10.4 Å². The Hall–Kier alpha value is -2.99. The normalized spacial score (nSPS) is 13.4. The maximum atomic E-state index is 13.5. The smallest absolute Gasteiger partial charge is 0.266 e. The van der Waals surface area contributed by atoms with E-state index in [9.17, 15) is 14.4 Å². The van der Waals surface area contributed by atoms with Crippen molar-refractivity contribution in [1.82, 2.24) is 5.32 Å². The molecule has 1 aliphatic rings. The first-order valence-electron chi connectivity index (χ1n) is 10.3. The lowest BCUT2D eigenvalue weighted by molar-refractivity contribution is 0.0909. The lowest BCUT2D eigenvalue weighted by Gasteiger charge is -2.25. The summed E-state index contributed by atoms with van der Waals surface area (Å²) in [5.74, 6) is -1.08. The quantitative estimate of drug-likeness (QED) is 0.538. The number of nitrogens with zero attached hydrogens (tertiary/aromatic N) is 1. The molecule has 0 bridgehead atoms. The lowest BCUT2D eigenvalue weighted by Crippen LogP contribution is -2.32. The van der Waals surface area contributed by atoms with Crippen LogP contribution in [0.5, 0.6) is 0 Å². The summed E-state index contributed by atoms with van der Waals surface area (Å²) < 4.78 is 0. The molecule has 0 fully saturated rings. The molecule has 2 aromatic carbocycles. The molecule has 0 saturated heterocycles. The Kier molecular flexibility index (Phi) is 6.37. The lowest BCUT2D eigenvalue weighted by atomic mass is 9.92. The molecule has 1 aliphatic heterocycles. The minimum Gasteiger partial charge on any atom is -0.396 e. The fourth-order valence-corrected chi connectivity index (χ4v) is 3.82. The Morgan fingerprint density at radius 3 is 2.13 bits per heavy atom. The first-order chi connectivity index (χ1) is 14.3. The molecule has 1 heterocycles. The van der Waals surface area contributed by atoms with Gasteiger partial charge in [-0.15, -0.1) is 0 Å². The Morgan fingerprint density at radius 2 is 1.57 bits per heavy atom. The number of imide groups is 1. The summed E-state index contributed by atoms with van der Waals surface area (Å²) in [6.07, 6.45) is 0.416. The summed E-state index contributed by atoms with van der Waals surface area (Å²) in [7, 11) is 0. The number of anilines is 1. The van der Waals surface area contributed by atoms with Crippen molar-refractivity contribution in [2.75, 3.05) is 18.1 Å². The molecule has 0 unspecified atom stereocenters. The van der Waals surface area contributed by atoms with E-state index in [1.807, 2.05) is 45.9 Å². The molecule has 3 amide bonds. The number of carbonyl (C=O) groups excluding carboxylic acids is 3. The molecule has 30 heavy (non-hydrogen) atoms. The van der Waals surface area contributed by atoms with Gasteiger partial charge in [0.05, 0.1) is 22.4 Å². The third-order valence-corrected chi connectivity index (χ3v) is 5.35. The van der Waals surface area contributed by atoms with E-state index in [1.165, 1.54) is 4.90 Å². The van der Waals surface area contributed by atoms with Crippen molar-refractivity contribution >= 4 is 23.4 Å². The number of aliphatic hydroxyl groups excluding tert-OH is 1. The first-order valence-corrected chi connectivity index (χ1v) is 10.3. The van der Waals surface area contributed by atoms with Crippen LogP contribution in [0.1, 0.15) is 88.2 Å². The largest absolute Gasteiger partial charge is 0.396 e. The van der Waals surface area contributed by atoms with Crippen molar-refractivity contribution in [3.63, 3.8) is 0 Å². The molecule has 0 saturated carbocycles. The number of carbonyl (C=O) groups is 3. The predicted molar refractivity (Wildman–Crippen MR) is 116 cm³/mol. The van der Waals surface area contributed by atoms with E-state index in [2.05, 4.69) is 5.32 Å². The monoisotopic (exact) mass is 408 g/mol. The number of nitrogens with one attached hydrogen (secondary N) is 1. The van der Waals surface area contributed by atoms with E-state index in [-0.39, 0.29) is 35.1 Å². The van der Waals surface area contributed by atoms with E-state index in [4.69, 9.17) is 5.11 Å². The highest BCUT2D eigenvalue weighted by Crippen LogP contribution is 2.40. The molecule has 0 atom stereocenters. The molecule has 0 radical (unpaired) electrons. The van der Waals surface area contributed by atoms with Gasteiger partial charge in [0.25, 0.3) is 17.7 Å². The maximum absolute atomic E-state index is 13.5. The Bertz CT molecular complexity index is 968. The Labute approximate surface area is 176 Å². The molecular weight excluding hydrogens is 380 g/mol. The van der Waals surface area contributed by atoms with Crippen molar-refractivity contribution in [1.29, 1.82) is 0 Å². The third kappa shape index (κ3) is 3.75. The average molecular weight is 408 g/mol. The van der Waals surface area contributed by atoms with Crippen LogP contribution in [0.2, 0.25) is 0 Å². The van der Waals surface area contributed by atoms with Crippen LogP contribution in [-0.4, -0.2) is 36.0 Å². The van der Waals surface area contributed by atoms with Crippen LogP contribution >= 0.6 is 0 Å². The molecule has 3 rings (SSSR count). The van der Waals surface area contributed by atoms with Gasteiger partial charge in [0.2, 0.25) is 0 Å². The number of hydrogen-bond acceptors (Lipinski definition) is 4. The average Bonchev–Trinajstić information content (AvgIpc) is 2.97. The van der Waals surface area contributed by atoms with Gasteiger partial charge in [-0.2, -0.15) is 0 Å². The fourth-order valence-electron chi connectivity index (χ4n) is 3.82. The van der Waals surface area contributed by atoms with Gasteiger partial charge in [0, 0.05) is 13.2 Å². The van der Waals surface area contributed by atoms with Crippen LogP contribution in [0, 0.1) is 0 Å². The SMILES string of the molecule is CC(C)c1cccc(C(C)C)c1N1C(=O)c2cccc(C(=O)NCCCO)c2C1=O. The Morgan fingerprint density at radius 1 is 0.967 bits per heavy atom. The van der Waals surface area contributed by atoms with Crippen LogP contribution in [0.3, 0.4) is 0 Å². The number of para-hydroxylation sites is 1. The van der Waals surface area contributed by atoms with Crippen molar-refractivity contribution in [2.45, 2.75) is 46.0 Å². The van der Waals surface area contributed by atoms with Crippen LogP contribution in [0.15, 0.2) is 36.4 Å². The second kappa shape index (κ2) is 8.79. The standard InChI is InChI=1S/C24H28N2O4/c1-14(2)16-8-5-9-17(15(3)4)21(16)26-23(29)19-11-6-10-18(20(19)24(26)30)22(28)25-12-7-13-27/h5-6,8-11,14-15,27H,7,12-13H2,1-4H3,(H,25,28). The van der Waals surface area contributed by atoms with E-state index in [1.54, 1.807) is 18.2 Å². The third-order valence-electron chi connectivity index (χ3n) is 5.35. The van der Waals surface area contributed by atoms with Crippen LogP contribution < -0.4 is 10.2 Å². The zero-order valence-corrected chi connectivity index (χ0v) is 17.9. The number of fused-ring (bicyclic) bond motifs is 1. The highest BCUT2D eigenvalue weighted by atomic mass is 16.3. The first kappa shape index (κ1) is 21.7. The molecule has 0 spiro atoms. The molecule has 0 aromatic heterocycles. The van der Waals surface area contributed by atoms with Crippen LogP contribution in [-0.2, 0) is 0 Å². The van der Waals surface area contributed by atoms with Gasteiger partial charge in [-0.1, -0.05) is 52.0 Å². The maximum Gasteiger partial charge on any atom is 0.266 e. The predicted octanol–water partition coefficient (Wildman–Crippen LogP) is 3.85. The second-order valence-corrected chi connectivity index (χ2v) is 8.10. The van der Waals surface area contributed by atoms with Crippen LogP contribution in [0.25, 0.3) is 0 Å². The van der Waals surface area contributed by atoms with Gasteiger partial charge in [0.15, 0.2) is 0 Å². The molecule has 6 nitrogen and oxygen atoms in total. The van der Waals surface area contributed by atoms with Crippen molar-refractivity contribution in [2.24, 2.45) is 0 Å². The van der Waals surface area contributed by atoms with Crippen molar-refractivity contribution < 1.29 is 19.5 Å². The zero-order chi connectivity index (χ0) is 22.0. The summed E-state index contributed by atoms with van der Waals surface area (Å²) >= 11 is 0. The summed E-state index contributed by atoms with van der Waals surface area (Å²) in [5, 5.41) is 11.6. The highest BCUT2D eigenvalue weighted by Gasteiger charge is 2.41. The zero-order valence-electron chi connectivity index (χ0n) is 17.9. The number of amides is 3. The minimum absolute atomic E-state index is 0.0393. The van der Waals surface area contributed by atoms with Gasteiger partial charge in [-0.05, 0) is 41.5 Å². The molecular formula is C24H28N2O4. The molecule has 2 N–H and O–H groups in total. The number of aliphatic hydroxyl groups is 1. The molecule has 158 valence electrons. The highest BCUT2D eigenvalue weighted by molar-refractivity contribution is 6.36. The molecule has 2 aromatic rings.